The van der Waals surface area contributed by atoms with Gasteiger partial charge in [-0.15, -0.1) is 0 Å². The summed E-state index contributed by atoms with van der Waals surface area (Å²) in [4.78, 5) is 13.4. The van der Waals surface area contributed by atoms with Gasteiger partial charge in [-0.3, -0.25) is 4.79 Å². The molecule has 0 radical (unpaired) electrons. The Morgan fingerprint density at radius 1 is 1.19 bits per heavy atom. The highest BCUT2D eigenvalue weighted by molar-refractivity contribution is 5.79. The van der Waals surface area contributed by atoms with E-state index in [9.17, 15) is 4.79 Å². The van der Waals surface area contributed by atoms with Gasteiger partial charge in [-0.25, -0.2) is 0 Å². The van der Waals surface area contributed by atoms with E-state index in [1.165, 1.54) is 19.3 Å². The van der Waals surface area contributed by atoms with Gasteiger partial charge in [-0.2, -0.15) is 0 Å². The monoisotopic (exact) mass is 225 g/mol. The third kappa shape index (κ3) is 2.58. The van der Waals surface area contributed by atoms with E-state index >= 15 is 0 Å². The van der Waals surface area contributed by atoms with Crippen LogP contribution in [0.4, 0.5) is 0 Å². The van der Waals surface area contributed by atoms with Gasteiger partial charge >= 0.3 is 0 Å². The molecule has 0 N–H and O–H groups in total. The molecular formula is C14H27NO. The Hall–Kier alpha value is -0.530. The molecule has 2 nitrogen and oxygen atoms in total. The second-order valence-electron chi connectivity index (χ2n) is 5.69. The Labute approximate surface area is 100 Å². The van der Waals surface area contributed by atoms with E-state index in [1.54, 1.807) is 4.90 Å². The molecule has 2 fully saturated rings. The molecule has 2 saturated carbocycles. The van der Waals surface area contributed by atoms with Crippen LogP contribution in [0.5, 0.6) is 0 Å². The molecule has 16 heavy (non-hydrogen) atoms. The van der Waals surface area contributed by atoms with Crippen molar-refractivity contribution in [2.24, 2.45) is 17.3 Å². The third-order valence-corrected chi connectivity index (χ3v) is 4.10. The van der Waals surface area contributed by atoms with Crippen molar-refractivity contribution in [1.29, 1.82) is 0 Å². The van der Waals surface area contributed by atoms with Gasteiger partial charge in [0.25, 0.3) is 0 Å². The molecule has 2 aliphatic carbocycles. The highest BCUT2D eigenvalue weighted by atomic mass is 16.2. The van der Waals surface area contributed by atoms with E-state index in [0.29, 0.717) is 17.2 Å². The quantitative estimate of drug-likeness (QED) is 0.670. The molecule has 94 valence electrons. The Kier molecular flexibility index (Phi) is 4.40. The van der Waals surface area contributed by atoms with E-state index in [-0.39, 0.29) is 0 Å². The second-order valence-corrected chi connectivity index (χ2v) is 5.69. The van der Waals surface area contributed by atoms with Crippen molar-refractivity contribution in [3.05, 3.63) is 0 Å². The Morgan fingerprint density at radius 3 is 2.12 bits per heavy atom. The summed E-state index contributed by atoms with van der Waals surface area (Å²) >= 11 is 0. The average molecular weight is 225 g/mol. The predicted molar refractivity (Wildman–Crippen MR) is 68.2 cm³/mol. The van der Waals surface area contributed by atoms with Crippen molar-refractivity contribution in [1.82, 2.24) is 4.90 Å². The summed E-state index contributed by atoms with van der Waals surface area (Å²) in [6.07, 6.45) is 6.43. The fourth-order valence-corrected chi connectivity index (χ4v) is 3.39. The van der Waals surface area contributed by atoms with Crippen LogP contribution in [0.25, 0.3) is 0 Å². The topological polar surface area (TPSA) is 20.3 Å². The molecule has 0 heterocycles. The van der Waals surface area contributed by atoms with Crippen LogP contribution < -0.4 is 0 Å². The summed E-state index contributed by atoms with van der Waals surface area (Å²) in [6.45, 7) is 6.34. The van der Waals surface area contributed by atoms with Crippen LogP contribution in [0, 0.1) is 17.3 Å². The van der Waals surface area contributed by atoms with Gasteiger partial charge in [-0.1, -0.05) is 27.2 Å². The molecule has 1 spiro atoms. The number of carbonyl (C=O) groups is 1. The van der Waals surface area contributed by atoms with Gasteiger partial charge in [0.2, 0.25) is 5.91 Å². The standard InChI is InChI=1S/C12H21NO.C2H6/c1-9-4-5-12(6-9)7-10(8-12)11(14)13(2)3;1-2/h9-10H,4-8H2,1-3H3;1-2H3. The van der Waals surface area contributed by atoms with Gasteiger partial charge < -0.3 is 4.90 Å². The molecule has 1 amide bonds. The lowest BCUT2D eigenvalue weighted by atomic mass is 9.60. The van der Waals surface area contributed by atoms with Crippen molar-refractivity contribution in [2.45, 2.75) is 52.9 Å². The number of hydrogen-bond acceptors (Lipinski definition) is 1. The highest BCUT2D eigenvalue weighted by Crippen LogP contribution is 2.57. The van der Waals surface area contributed by atoms with Gasteiger partial charge in [-0.05, 0) is 37.0 Å². The van der Waals surface area contributed by atoms with Crippen molar-refractivity contribution in [3.63, 3.8) is 0 Å². The zero-order chi connectivity index (χ0) is 12.3. The van der Waals surface area contributed by atoms with Gasteiger partial charge in [0.1, 0.15) is 0 Å². The van der Waals surface area contributed by atoms with Gasteiger partial charge in [0.15, 0.2) is 0 Å². The molecule has 0 aromatic rings. The number of carbonyl (C=O) groups excluding carboxylic acids is 1. The number of nitrogens with zero attached hydrogens (tertiary/aromatic N) is 1. The van der Waals surface area contributed by atoms with Crippen LogP contribution in [-0.2, 0) is 4.79 Å². The zero-order valence-corrected chi connectivity index (χ0v) is 11.5. The van der Waals surface area contributed by atoms with Crippen LogP contribution in [0.1, 0.15) is 52.9 Å². The maximum Gasteiger partial charge on any atom is 0.225 e. The van der Waals surface area contributed by atoms with Crippen LogP contribution in [0.15, 0.2) is 0 Å². The summed E-state index contributed by atoms with van der Waals surface area (Å²) in [5, 5.41) is 0. The first-order valence-electron chi connectivity index (χ1n) is 6.74. The molecule has 2 heteroatoms. The number of rotatable bonds is 1. The molecule has 0 aliphatic heterocycles. The molecule has 1 unspecified atom stereocenters. The van der Waals surface area contributed by atoms with Crippen molar-refractivity contribution in [3.8, 4) is 0 Å². The number of hydrogen-bond donors (Lipinski definition) is 0. The molecule has 1 atom stereocenters. The summed E-state index contributed by atoms with van der Waals surface area (Å²) in [5.41, 5.74) is 0.579. The normalized spacial score (nSPS) is 36.3. The van der Waals surface area contributed by atoms with E-state index in [0.717, 1.165) is 18.8 Å². The van der Waals surface area contributed by atoms with Crippen LogP contribution in [0.3, 0.4) is 0 Å². The van der Waals surface area contributed by atoms with Gasteiger partial charge in [0.05, 0.1) is 0 Å². The Morgan fingerprint density at radius 2 is 1.75 bits per heavy atom. The molecule has 0 aromatic carbocycles. The van der Waals surface area contributed by atoms with Crippen LogP contribution >= 0.6 is 0 Å². The smallest absolute Gasteiger partial charge is 0.225 e. The lowest BCUT2D eigenvalue weighted by Gasteiger charge is -2.45. The molecule has 0 bridgehead atoms. The summed E-state index contributed by atoms with van der Waals surface area (Å²) in [7, 11) is 3.73. The molecular weight excluding hydrogens is 198 g/mol. The van der Waals surface area contributed by atoms with Gasteiger partial charge in [0, 0.05) is 20.0 Å². The summed E-state index contributed by atoms with van der Waals surface area (Å²) < 4.78 is 0. The van der Waals surface area contributed by atoms with E-state index in [2.05, 4.69) is 6.92 Å². The first kappa shape index (κ1) is 13.5. The Bertz CT molecular complexity index is 241. The Balaban J connectivity index is 0.000000606. The van der Waals surface area contributed by atoms with E-state index in [1.807, 2.05) is 27.9 Å². The SMILES string of the molecule is CC.CC1CCC2(C1)CC(C(=O)N(C)C)C2. The summed E-state index contributed by atoms with van der Waals surface area (Å²) in [5.74, 6) is 1.58. The minimum Gasteiger partial charge on any atom is -0.349 e. The minimum atomic E-state index is 0.343. The third-order valence-electron chi connectivity index (χ3n) is 4.10. The maximum atomic E-state index is 11.7. The lowest BCUT2D eigenvalue weighted by molar-refractivity contribution is -0.140. The predicted octanol–water partition coefficient (Wildman–Crippen LogP) is 3.32. The van der Waals surface area contributed by atoms with Crippen LogP contribution in [-0.4, -0.2) is 24.9 Å². The first-order valence-corrected chi connectivity index (χ1v) is 6.74. The van der Waals surface area contributed by atoms with Crippen molar-refractivity contribution >= 4 is 5.91 Å². The molecule has 2 aliphatic rings. The molecule has 2 rings (SSSR count). The van der Waals surface area contributed by atoms with Crippen molar-refractivity contribution < 1.29 is 4.79 Å². The van der Waals surface area contributed by atoms with E-state index in [4.69, 9.17) is 0 Å². The highest BCUT2D eigenvalue weighted by Gasteiger charge is 2.50. The molecule has 0 aromatic heterocycles. The minimum absolute atomic E-state index is 0.343. The van der Waals surface area contributed by atoms with Crippen LogP contribution in [0.2, 0.25) is 0 Å². The lowest BCUT2D eigenvalue weighted by Crippen LogP contribution is -2.43. The average Bonchev–Trinajstić information content (AvgIpc) is 2.60. The fraction of sp³-hybridized carbons (Fsp3) is 0.929. The largest absolute Gasteiger partial charge is 0.349 e. The fourth-order valence-electron chi connectivity index (χ4n) is 3.39. The van der Waals surface area contributed by atoms with Crippen molar-refractivity contribution in [2.75, 3.05) is 14.1 Å². The van der Waals surface area contributed by atoms with E-state index < -0.39 is 0 Å². The second kappa shape index (κ2) is 5.20. The zero-order valence-electron chi connectivity index (χ0n) is 11.5. The molecule has 0 saturated heterocycles. The number of amides is 1. The first-order chi connectivity index (χ1) is 7.52. The maximum absolute atomic E-state index is 11.7. The summed E-state index contributed by atoms with van der Waals surface area (Å²) in [6, 6.07) is 0.